The predicted octanol–water partition coefficient (Wildman–Crippen LogP) is 3.33. The Labute approximate surface area is 142 Å². The van der Waals surface area contributed by atoms with Crippen LogP contribution >= 0.6 is 0 Å². The van der Waals surface area contributed by atoms with Crippen LogP contribution in [0.2, 0.25) is 0 Å². The number of carbonyl (C=O) groups excluding carboxylic acids is 1. The number of benzene rings is 1. The molecule has 1 saturated heterocycles. The molecule has 1 aromatic heterocycles. The van der Waals surface area contributed by atoms with E-state index in [1.54, 1.807) is 7.11 Å². The zero-order valence-corrected chi connectivity index (χ0v) is 14.5. The molecule has 0 saturated carbocycles. The van der Waals surface area contributed by atoms with Gasteiger partial charge in [0.05, 0.1) is 19.6 Å². The Kier molecular flexibility index (Phi) is 4.88. The Bertz CT molecular complexity index is 737. The fraction of sp³-hybridized carbons (Fsp3) is 0.474. The second-order valence-electron chi connectivity index (χ2n) is 6.17. The van der Waals surface area contributed by atoms with Crippen LogP contribution in [0.3, 0.4) is 0 Å². The van der Waals surface area contributed by atoms with Crippen molar-refractivity contribution in [3.8, 4) is 5.75 Å². The van der Waals surface area contributed by atoms with Crippen LogP contribution in [-0.4, -0.2) is 37.8 Å². The van der Waals surface area contributed by atoms with E-state index >= 15 is 0 Å². The Hall–Kier alpha value is -2.30. The van der Waals surface area contributed by atoms with Gasteiger partial charge in [-0.1, -0.05) is 12.1 Å². The van der Waals surface area contributed by atoms with Gasteiger partial charge in [-0.25, -0.2) is 4.98 Å². The summed E-state index contributed by atoms with van der Waals surface area (Å²) in [6.07, 6.45) is 1.62. The first-order valence-electron chi connectivity index (χ1n) is 8.50. The molecule has 2 aromatic rings. The molecule has 1 aliphatic rings. The normalized spacial score (nSPS) is 15.5. The number of aryl methyl sites for hydroxylation is 1. The Morgan fingerprint density at radius 2 is 2.08 bits per heavy atom. The first kappa shape index (κ1) is 16.6. The van der Waals surface area contributed by atoms with E-state index in [1.165, 1.54) is 5.56 Å². The van der Waals surface area contributed by atoms with E-state index in [4.69, 9.17) is 14.5 Å². The van der Waals surface area contributed by atoms with Gasteiger partial charge in [-0.2, -0.15) is 0 Å². The summed E-state index contributed by atoms with van der Waals surface area (Å²) in [4.78, 5) is 18.9. The minimum Gasteiger partial charge on any atom is -0.494 e. The number of rotatable bonds is 4. The Morgan fingerprint density at radius 1 is 1.33 bits per heavy atom. The van der Waals surface area contributed by atoms with Crippen LogP contribution in [-0.2, 0) is 9.53 Å². The molecular weight excluding hydrogens is 304 g/mol. The summed E-state index contributed by atoms with van der Waals surface area (Å²) in [7, 11) is 1.67. The van der Waals surface area contributed by atoms with Crippen LogP contribution in [0.15, 0.2) is 24.3 Å². The predicted molar refractivity (Wildman–Crippen MR) is 94.6 cm³/mol. The quantitative estimate of drug-likeness (QED) is 0.806. The summed E-state index contributed by atoms with van der Waals surface area (Å²) in [5.74, 6) is 1.68. The van der Waals surface area contributed by atoms with Crippen LogP contribution in [0.4, 0.5) is 5.82 Å². The maximum atomic E-state index is 11.9. The van der Waals surface area contributed by atoms with Crippen molar-refractivity contribution in [3.05, 3.63) is 29.8 Å². The minimum atomic E-state index is -0.0681. The van der Waals surface area contributed by atoms with Gasteiger partial charge >= 0.3 is 5.97 Å². The van der Waals surface area contributed by atoms with E-state index in [-0.39, 0.29) is 11.9 Å². The molecule has 1 aliphatic heterocycles. The number of hydrogen-bond donors (Lipinski definition) is 0. The van der Waals surface area contributed by atoms with Crippen molar-refractivity contribution in [2.24, 2.45) is 5.92 Å². The molecule has 0 aliphatic carbocycles. The molecule has 128 valence electrons. The first-order chi connectivity index (χ1) is 11.6. The number of fused-ring (bicyclic) bond motifs is 1. The third-order valence-corrected chi connectivity index (χ3v) is 4.65. The fourth-order valence-corrected chi connectivity index (χ4v) is 3.31. The van der Waals surface area contributed by atoms with Crippen molar-refractivity contribution in [2.45, 2.75) is 26.7 Å². The number of piperidine rings is 1. The highest BCUT2D eigenvalue weighted by molar-refractivity contribution is 5.89. The van der Waals surface area contributed by atoms with Crippen LogP contribution in [0, 0.1) is 12.8 Å². The molecule has 3 rings (SSSR count). The molecule has 1 aromatic carbocycles. The number of anilines is 1. The average molecular weight is 328 g/mol. The van der Waals surface area contributed by atoms with E-state index in [9.17, 15) is 4.79 Å². The third-order valence-electron chi connectivity index (χ3n) is 4.65. The number of hydrogen-bond acceptors (Lipinski definition) is 5. The van der Waals surface area contributed by atoms with Crippen LogP contribution in [0.1, 0.15) is 25.3 Å². The Morgan fingerprint density at radius 3 is 2.75 bits per heavy atom. The van der Waals surface area contributed by atoms with Gasteiger partial charge in [0, 0.05) is 18.5 Å². The summed E-state index contributed by atoms with van der Waals surface area (Å²) < 4.78 is 10.6. The maximum absolute atomic E-state index is 11.9. The molecular formula is C19H24N2O3. The van der Waals surface area contributed by atoms with Crippen LogP contribution < -0.4 is 9.64 Å². The van der Waals surface area contributed by atoms with E-state index < -0.39 is 0 Å². The lowest BCUT2D eigenvalue weighted by Crippen LogP contribution is -2.37. The molecule has 5 heteroatoms. The summed E-state index contributed by atoms with van der Waals surface area (Å²) >= 11 is 0. The van der Waals surface area contributed by atoms with Crippen LogP contribution in [0.25, 0.3) is 10.9 Å². The number of methoxy groups -OCH3 is 1. The van der Waals surface area contributed by atoms with Crippen molar-refractivity contribution >= 4 is 22.7 Å². The smallest absolute Gasteiger partial charge is 0.309 e. The lowest BCUT2D eigenvalue weighted by atomic mass is 9.97. The largest absolute Gasteiger partial charge is 0.494 e. The zero-order chi connectivity index (χ0) is 17.1. The van der Waals surface area contributed by atoms with Crippen molar-refractivity contribution in [1.29, 1.82) is 0 Å². The molecule has 5 nitrogen and oxygen atoms in total. The maximum Gasteiger partial charge on any atom is 0.309 e. The van der Waals surface area contributed by atoms with Crippen LogP contribution in [0.5, 0.6) is 5.75 Å². The summed E-state index contributed by atoms with van der Waals surface area (Å²) in [6, 6.07) is 8.11. The molecule has 24 heavy (non-hydrogen) atoms. The monoisotopic (exact) mass is 328 g/mol. The van der Waals surface area contributed by atoms with Gasteiger partial charge in [-0.15, -0.1) is 0 Å². The summed E-state index contributed by atoms with van der Waals surface area (Å²) in [6.45, 7) is 6.03. The molecule has 0 radical (unpaired) electrons. The zero-order valence-electron chi connectivity index (χ0n) is 14.5. The van der Waals surface area contributed by atoms with Crippen molar-refractivity contribution in [2.75, 3.05) is 31.7 Å². The second-order valence-corrected chi connectivity index (χ2v) is 6.17. The first-order valence-corrected chi connectivity index (χ1v) is 8.50. The molecule has 0 spiro atoms. The lowest BCUT2D eigenvalue weighted by molar-refractivity contribution is -0.148. The molecule has 0 bridgehead atoms. The molecule has 1 fully saturated rings. The van der Waals surface area contributed by atoms with Gasteiger partial charge < -0.3 is 14.4 Å². The molecule has 0 N–H and O–H groups in total. The Balaban J connectivity index is 1.82. The minimum absolute atomic E-state index is 0.0114. The van der Waals surface area contributed by atoms with Gasteiger partial charge in [0.2, 0.25) is 0 Å². The standard InChI is InChI=1S/C19H24N2O3/c1-4-24-19(22)14-8-10-21(11-9-14)17-12-13(2)15-6-5-7-16(23-3)18(15)20-17/h5-7,12,14H,4,8-11H2,1-3H3. The van der Waals surface area contributed by atoms with E-state index in [0.29, 0.717) is 6.61 Å². The van der Waals surface area contributed by atoms with Gasteiger partial charge in [0.25, 0.3) is 0 Å². The van der Waals surface area contributed by atoms with E-state index in [0.717, 1.165) is 48.4 Å². The molecule has 0 amide bonds. The van der Waals surface area contributed by atoms with E-state index in [2.05, 4.69) is 24.0 Å². The highest BCUT2D eigenvalue weighted by atomic mass is 16.5. The SMILES string of the molecule is CCOC(=O)C1CCN(c2cc(C)c3cccc(OC)c3n2)CC1. The number of ether oxygens (including phenoxy) is 2. The highest BCUT2D eigenvalue weighted by Crippen LogP contribution is 2.31. The third kappa shape index (κ3) is 3.16. The number of carbonyl (C=O) groups is 1. The van der Waals surface area contributed by atoms with Gasteiger partial charge in [0.15, 0.2) is 0 Å². The number of nitrogens with zero attached hydrogens (tertiary/aromatic N) is 2. The molecule has 2 heterocycles. The second kappa shape index (κ2) is 7.07. The fourth-order valence-electron chi connectivity index (χ4n) is 3.31. The summed E-state index contributed by atoms with van der Waals surface area (Å²) in [5.41, 5.74) is 2.07. The van der Waals surface area contributed by atoms with Gasteiger partial charge in [-0.3, -0.25) is 4.79 Å². The number of esters is 1. The molecule has 0 unspecified atom stereocenters. The average Bonchev–Trinajstić information content (AvgIpc) is 2.61. The van der Waals surface area contributed by atoms with Crippen molar-refractivity contribution < 1.29 is 14.3 Å². The summed E-state index contributed by atoms with van der Waals surface area (Å²) in [5, 5.41) is 1.11. The number of para-hydroxylation sites is 1. The van der Waals surface area contributed by atoms with Gasteiger partial charge in [0.1, 0.15) is 17.1 Å². The lowest BCUT2D eigenvalue weighted by Gasteiger charge is -2.32. The number of pyridine rings is 1. The van der Waals surface area contributed by atoms with Crippen molar-refractivity contribution in [3.63, 3.8) is 0 Å². The highest BCUT2D eigenvalue weighted by Gasteiger charge is 2.26. The van der Waals surface area contributed by atoms with Gasteiger partial charge in [-0.05, 0) is 44.4 Å². The molecule has 0 atom stereocenters. The number of aromatic nitrogens is 1. The van der Waals surface area contributed by atoms with E-state index in [1.807, 2.05) is 19.1 Å². The topological polar surface area (TPSA) is 51.7 Å². The van der Waals surface area contributed by atoms with Crippen molar-refractivity contribution in [1.82, 2.24) is 4.98 Å².